The molecule has 112 valence electrons. The van der Waals surface area contributed by atoms with Crippen LogP contribution in [0.25, 0.3) is 0 Å². The SMILES string of the molecule is CN(c1cc(F)c(CN)c(F)c1)C1CCC(F)(F)CC1. The summed E-state index contributed by atoms with van der Waals surface area (Å²) in [5.74, 6) is -4.01. The highest BCUT2D eigenvalue weighted by Gasteiger charge is 2.36. The highest BCUT2D eigenvalue weighted by Crippen LogP contribution is 2.36. The summed E-state index contributed by atoms with van der Waals surface area (Å²) in [7, 11) is 1.67. The van der Waals surface area contributed by atoms with E-state index in [0.717, 1.165) is 0 Å². The van der Waals surface area contributed by atoms with E-state index in [1.54, 1.807) is 11.9 Å². The van der Waals surface area contributed by atoms with Crippen LogP contribution in [0.3, 0.4) is 0 Å². The second-order valence-corrected chi connectivity index (χ2v) is 5.29. The van der Waals surface area contributed by atoms with E-state index in [4.69, 9.17) is 5.73 Å². The lowest BCUT2D eigenvalue weighted by Gasteiger charge is -2.36. The first-order valence-electron chi connectivity index (χ1n) is 6.63. The Balaban J connectivity index is 2.16. The highest BCUT2D eigenvalue weighted by molar-refractivity contribution is 5.49. The number of alkyl halides is 2. The lowest BCUT2D eigenvalue weighted by atomic mass is 9.91. The van der Waals surface area contributed by atoms with Gasteiger partial charge in [0.05, 0.1) is 0 Å². The standard InChI is InChI=1S/C14H18F4N2/c1-20(9-2-4-14(17,18)5-3-9)10-6-12(15)11(8-19)13(16)7-10/h6-7,9H,2-5,8,19H2,1H3. The predicted octanol–water partition coefficient (Wildman–Crippen LogP) is 3.44. The molecule has 0 aromatic heterocycles. The summed E-state index contributed by atoms with van der Waals surface area (Å²) < 4.78 is 53.6. The van der Waals surface area contributed by atoms with Gasteiger partial charge in [0.25, 0.3) is 0 Å². The quantitative estimate of drug-likeness (QED) is 0.864. The third-order valence-corrected chi connectivity index (χ3v) is 3.97. The summed E-state index contributed by atoms with van der Waals surface area (Å²) in [6.07, 6.45) is 0.248. The molecular weight excluding hydrogens is 272 g/mol. The lowest BCUT2D eigenvalue weighted by molar-refractivity contribution is -0.0378. The fraction of sp³-hybridized carbons (Fsp3) is 0.571. The first kappa shape index (κ1) is 15.1. The first-order valence-corrected chi connectivity index (χ1v) is 6.63. The number of halogens is 4. The molecule has 1 saturated carbocycles. The Morgan fingerprint density at radius 1 is 1.20 bits per heavy atom. The van der Waals surface area contributed by atoms with E-state index in [1.807, 2.05) is 0 Å². The van der Waals surface area contributed by atoms with E-state index in [2.05, 4.69) is 0 Å². The molecule has 0 bridgehead atoms. The number of hydrogen-bond acceptors (Lipinski definition) is 2. The lowest BCUT2D eigenvalue weighted by Crippen LogP contribution is -2.38. The van der Waals surface area contributed by atoms with Crippen LogP contribution in [0.4, 0.5) is 23.2 Å². The summed E-state index contributed by atoms with van der Waals surface area (Å²) in [6.45, 7) is -0.211. The van der Waals surface area contributed by atoms with Gasteiger partial charge in [-0.25, -0.2) is 17.6 Å². The van der Waals surface area contributed by atoms with Gasteiger partial charge in [0.1, 0.15) is 11.6 Å². The zero-order valence-electron chi connectivity index (χ0n) is 11.3. The topological polar surface area (TPSA) is 29.3 Å². The maximum absolute atomic E-state index is 13.7. The second kappa shape index (κ2) is 5.60. The third kappa shape index (κ3) is 3.06. The molecule has 6 heteroatoms. The molecule has 2 rings (SSSR count). The van der Waals surface area contributed by atoms with Gasteiger partial charge in [-0.1, -0.05) is 0 Å². The number of nitrogens with zero attached hydrogens (tertiary/aromatic N) is 1. The predicted molar refractivity (Wildman–Crippen MR) is 69.9 cm³/mol. The highest BCUT2D eigenvalue weighted by atomic mass is 19.3. The fourth-order valence-corrected chi connectivity index (χ4v) is 2.61. The zero-order valence-corrected chi connectivity index (χ0v) is 11.3. The maximum atomic E-state index is 13.7. The van der Waals surface area contributed by atoms with Crippen molar-refractivity contribution in [3.8, 4) is 0 Å². The van der Waals surface area contributed by atoms with Crippen LogP contribution in [0.1, 0.15) is 31.2 Å². The number of nitrogens with two attached hydrogens (primary N) is 1. The Morgan fingerprint density at radius 2 is 1.70 bits per heavy atom. The Bertz CT molecular complexity index is 457. The van der Waals surface area contributed by atoms with E-state index in [1.165, 1.54) is 12.1 Å². The van der Waals surface area contributed by atoms with Gasteiger partial charge >= 0.3 is 0 Å². The Morgan fingerprint density at radius 3 is 2.15 bits per heavy atom. The molecule has 0 heterocycles. The average molecular weight is 290 g/mol. The van der Waals surface area contributed by atoms with Crippen LogP contribution in [0.2, 0.25) is 0 Å². The molecule has 0 spiro atoms. The van der Waals surface area contributed by atoms with Gasteiger partial charge in [-0.2, -0.15) is 0 Å². The van der Waals surface area contributed by atoms with Crippen LogP contribution in [0.15, 0.2) is 12.1 Å². The normalized spacial score (nSPS) is 19.1. The molecule has 20 heavy (non-hydrogen) atoms. The molecule has 0 saturated heterocycles. The molecular formula is C14H18F4N2. The smallest absolute Gasteiger partial charge is 0.248 e. The molecule has 1 fully saturated rings. The molecule has 1 aliphatic carbocycles. The van der Waals surface area contributed by atoms with Crippen molar-refractivity contribution >= 4 is 5.69 Å². The van der Waals surface area contributed by atoms with Gasteiger partial charge in [-0.05, 0) is 25.0 Å². The molecule has 0 aliphatic heterocycles. The summed E-state index contributed by atoms with van der Waals surface area (Å²) in [4.78, 5) is 1.67. The molecule has 2 N–H and O–H groups in total. The molecule has 2 nitrogen and oxygen atoms in total. The van der Waals surface area contributed by atoms with Gasteiger partial charge in [-0.3, -0.25) is 0 Å². The van der Waals surface area contributed by atoms with Crippen molar-refractivity contribution in [3.05, 3.63) is 29.3 Å². The van der Waals surface area contributed by atoms with Crippen molar-refractivity contribution in [2.75, 3.05) is 11.9 Å². The molecule has 0 atom stereocenters. The van der Waals surface area contributed by atoms with Crippen LogP contribution in [-0.2, 0) is 6.54 Å². The van der Waals surface area contributed by atoms with E-state index in [-0.39, 0.29) is 31.0 Å². The Labute approximate surface area is 115 Å². The molecule has 0 unspecified atom stereocenters. The summed E-state index contributed by atoms with van der Waals surface area (Å²) in [6, 6.07) is 2.29. The summed E-state index contributed by atoms with van der Waals surface area (Å²) in [5, 5.41) is 0. The van der Waals surface area contributed by atoms with Gasteiger partial charge in [-0.15, -0.1) is 0 Å². The van der Waals surface area contributed by atoms with E-state index < -0.39 is 17.6 Å². The minimum Gasteiger partial charge on any atom is -0.371 e. The van der Waals surface area contributed by atoms with Crippen molar-refractivity contribution in [2.45, 2.75) is 44.2 Å². The van der Waals surface area contributed by atoms with Crippen molar-refractivity contribution < 1.29 is 17.6 Å². The maximum Gasteiger partial charge on any atom is 0.248 e. The van der Waals surface area contributed by atoms with Crippen molar-refractivity contribution in [3.63, 3.8) is 0 Å². The minimum atomic E-state index is -2.61. The fourth-order valence-electron chi connectivity index (χ4n) is 2.61. The minimum absolute atomic E-state index is 0.128. The van der Waals surface area contributed by atoms with Gasteiger partial charge < -0.3 is 10.6 Å². The third-order valence-electron chi connectivity index (χ3n) is 3.97. The van der Waals surface area contributed by atoms with Crippen molar-refractivity contribution in [1.82, 2.24) is 0 Å². The van der Waals surface area contributed by atoms with Crippen molar-refractivity contribution in [2.24, 2.45) is 5.73 Å². The molecule has 1 aromatic rings. The second-order valence-electron chi connectivity index (χ2n) is 5.29. The first-order chi connectivity index (χ1) is 9.34. The number of benzene rings is 1. The largest absolute Gasteiger partial charge is 0.371 e. The van der Waals surface area contributed by atoms with Gasteiger partial charge in [0, 0.05) is 43.7 Å². The average Bonchev–Trinajstić information content (AvgIpc) is 2.37. The van der Waals surface area contributed by atoms with Gasteiger partial charge in [0.2, 0.25) is 5.92 Å². The monoisotopic (exact) mass is 290 g/mol. The molecule has 1 aliphatic rings. The molecule has 1 aromatic carbocycles. The van der Waals surface area contributed by atoms with E-state index in [9.17, 15) is 17.6 Å². The Kier molecular flexibility index (Phi) is 4.22. The van der Waals surface area contributed by atoms with Crippen LogP contribution in [-0.4, -0.2) is 19.0 Å². The van der Waals surface area contributed by atoms with Crippen molar-refractivity contribution in [1.29, 1.82) is 0 Å². The van der Waals surface area contributed by atoms with Crippen LogP contribution >= 0.6 is 0 Å². The zero-order chi connectivity index (χ0) is 14.9. The Hall–Kier alpha value is -1.30. The van der Waals surface area contributed by atoms with Crippen LogP contribution < -0.4 is 10.6 Å². The van der Waals surface area contributed by atoms with E-state index in [0.29, 0.717) is 18.5 Å². The number of anilines is 1. The number of rotatable bonds is 3. The molecule has 0 amide bonds. The van der Waals surface area contributed by atoms with Crippen LogP contribution in [0, 0.1) is 11.6 Å². The summed E-state index contributed by atoms with van der Waals surface area (Å²) >= 11 is 0. The summed E-state index contributed by atoms with van der Waals surface area (Å²) in [5.41, 5.74) is 5.47. The molecule has 0 radical (unpaired) electrons. The van der Waals surface area contributed by atoms with Crippen LogP contribution in [0.5, 0.6) is 0 Å². The van der Waals surface area contributed by atoms with E-state index >= 15 is 0 Å². The number of hydrogen-bond donors (Lipinski definition) is 1. The van der Waals surface area contributed by atoms with Gasteiger partial charge in [0.15, 0.2) is 0 Å².